The van der Waals surface area contributed by atoms with E-state index in [1.165, 1.54) is 0 Å². The Bertz CT molecular complexity index is 430. The van der Waals surface area contributed by atoms with E-state index in [-0.39, 0.29) is 24.8 Å². The Hall–Kier alpha value is -2.04. The van der Waals surface area contributed by atoms with Crippen molar-refractivity contribution in [2.24, 2.45) is 0 Å². The summed E-state index contributed by atoms with van der Waals surface area (Å²) in [6.45, 7) is 0.348. The molecular formula is C14H18N2O3. The van der Waals surface area contributed by atoms with Crippen LogP contribution < -0.4 is 15.4 Å². The van der Waals surface area contributed by atoms with Crippen LogP contribution >= 0.6 is 0 Å². The predicted octanol–water partition coefficient (Wildman–Crippen LogP) is 0.850. The number of hydrogen-bond acceptors (Lipinski definition) is 3. The summed E-state index contributed by atoms with van der Waals surface area (Å²) in [6.07, 6.45) is 2.33. The monoisotopic (exact) mass is 262 g/mol. The molecule has 1 fully saturated rings. The summed E-state index contributed by atoms with van der Waals surface area (Å²) in [6, 6.07) is 9.64. The molecule has 0 radical (unpaired) electrons. The molecule has 1 aliphatic rings. The molecule has 0 bridgehead atoms. The second kappa shape index (κ2) is 6.78. The molecule has 2 amide bonds. The largest absolute Gasteiger partial charge is 0.493 e. The maximum atomic E-state index is 11.5. The zero-order valence-electron chi connectivity index (χ0n) is 10.7. The van der Waals surface area contributed by atoms with Gasteiger partial charge in [-0.25, -0.2) is 0 Å². The number of hydrogen-bond donors (Lipinski definition) is 2. The Morgan fingerprint density at radius 3 is 2.58 bits per heavy atom. The number of carbonyl (C=O) groups is 2. The van der Waals surface area contributed by atoms with Gasteiger partial charge in [0.05, 0.1) is 19.6 Å². The minimum atomic E-state index is -0.179. The minimum Gasteiger partial charge on any atom is -0.493 e. The fourth-order valence-corrected chi connectivity index (χ4v) is 1.55. The molecule has 0 spiro atoms. The van der Waals surface area contributed by atoms with Gasteiger partial charge in [-0.15, -0.1) is 0 Å². The van der Waals surface area contributed by atoms with E-state index < -0.39 is 0 Å². The fourth-order valence-electron chi connectivity index (χ4n) is 1.55. The Morgan fingerprint density at radius 2 is 1.89 bits per heavy atom. The Balaban J connectivity index is 1.55. The first-order chi connectivity index (χ1) is 9.24. The van der Waals surface area contributed by atoms with E-state index in [0.29, 0.717) is 12.6 Å². The van der Waals surface area contributed by atoms with Crippen molar-refractivity contribution in [1.82, 2.24) is 10.6 Å². The number of nitrogens with one attached hydrogen (secondary N) is 2. The number of carbonyl (C=O) groups excluding carboxylic acids is 2. The summed E-state index contributed by atoms with van der Waals surface area (Å²) in [5.74, 6) is 0.434. The minimum absolute atomic E-state index is 0.0423. The van der Waals surface area contributed by atoms with E-state index in [9.17, 15) is 9.59 Å². The SMILES string of the molecule is O=C(CCOc1ccccc1)NCC(=O)NC1CC1. The Morgan fingerprint density at radius 1 is 1.16 bits per heavy atom. The van der Waals surface area contributed by atoms with E-state index in [0.717, 1.165) is 18.6 Å². The highest BCUT2D eigenvalue weighted by Crippen LogP contribution is 2.18. The smallest absolute Gasteiger partial charge is 0.239 e. The zero-order valence-corrected chi connectivity index (χ0v) is 10.7. The lowest BCUT2D eigenvalue weighted by atomic mass is 10.3. The van der Waals surface area contributed by atoms with Crippen LogP contribution in [0.15, 0.2) is 30.3 Å². The van der Waals surface area contributed by atoms with Crippen LogP contribution in [0.4, 0.5) is 0 Å². The van der Waals surface area contributed by atoms with Gasteiger partial charge in [-0.05, 0) is 25.0 Å². The molecular weight excluding hydrogens is 244 g/mol. The van der Waals surface area contributed by atoms with Gasteiger partial charge in [-0.2, -0.15) is 0 Å². The van der Waals surface area contributed by atoms with Crippen molar-refractivity contribution in [2.45, 2.75) is 25.3 Å². The number of benzene rings is 1. The molecule has 1 aromatic carbocycles. The van der Waals surface area contributed by atoms with Gasteiger partial charge in [-0.1, -0.05) is 18.2 Å². The van der Waals surface area contributed by atoms with Crippen molar-refractivity contribution in [3.63, 3.8) is 0 Å². The van der Waals surface area contributed by atoms with E-state index in [4.69, 9.17) is 4.74 Å². The molecule has 0 heterocycles. The van der Waals surface area contributed by atoms with Gasteiger partial charge in [0.15, 0.2) is 0 Å². The van der Waals surface area contributed by atoms with Crippen LogP contribution in [-0.4, -0.2) is 31.0 Å². The summed E-state index contributed by atoms with van der Waals surface area (Å²) in [5, 5.41) is 5.38. The first-order valence-corrected chi connectivity index (χ1v) is 6.48. The molecule has 5 nitrogen and oxygen atoms in total. The van der Waals surface area contributed by atoms with E-state index in [2.05, 4.69) is 10.6 Å². The normalized spacial score (nSPS) is 13.7. The summed E-state index contributed by atoms with van der Waals surface area (Å²) < 4.78 is 5.40. The first kappa shape index (κ1) is 13.4. The van der Waals surface area contributed by atoms with Crippen LogP contribution in [0.1, 0.15) is 19.3 Å². The molecule has 1 aromatic rings. The summed E-state index contributed by atoms with van der Waals surface area (Å²) in [5.41, 5.74) is 0. The number of para-hydroxylation sites is 1. The number of amides is 2. The summed E-state index contributed by atoms with van der Waals surface area (Å²) in [7, 11) is 0. The van der Waals surface area contributed by atoms with E-state index >= 15 is 0 Å². The highest BCUT2D eigenvalue weighted by atomic mass is 16.5. The number of rotatable bonds is 7. The quantitative estimate of drug-likeness (QED) is 0.765. The highest BCUT2D eigenvalue weighted by molar-refractivity contribution is 5.84. The first-order valence-electron chi connectivity index (χ1n) is 6.48. The molecule has 0 unspecified atom stereocenters. The molecule has 1 saturated carbocycles. The molecule has 0 atom stereocenters. The zero-order chi connectivity index (χ0) is 13.5. The van der Waals surface area contributed by atoms with Gasteiger partial charge < -0.3 is 15.4 Å². The molecule has 102 valence electrons. The van der Waals surface area contributed by atoms with Gasteiger partial charge >= 0.3 is 0 Å². The van der Waals surface area contributed by atoms with Crippen molar-refractivity contribution >= 4 is 11.8 Å². The van der Waals surface area contributed by atoms with Gasteiger partial charge in [-0.3, -0.25) is 9.59 Å². The van der Waals surface area contributed by atoms with Crippen LogP contribution in [0.3, 0.4) is 0 Å². The van der Waals surface area contributed by atoms with E-state index in [1.807, 2.05) is 30.3 Å². The highest BCUT2D eigenvalue weighted by Gasteiger charge is 2.23. The Kier molecular flexibility index (Phi) is 4.78. The third-order valence-electron chi connectivity index (χ3n) is 2.73. The van der Waals surface area contributed by atoms with E-state index in [1.54, 1.807) is 0 Å². The third kappa shape index (κ3) is 5.42. The lowest BCUT2D eigenvalue weighted by molar-refractivity contribution is -0.126. The van der Waals surface area contributed by atoms with Crippen LogP contribution in [-0.2, 0) is 9.59 Å². The van der Waals surface area contributed by atoms with Crippen LogP contribution in [0.25, 0.3) is 0 Å². The standard InChI is InChI=1S/C14H18N2O3/c17-13(15-10-14(18)16-11-6-7-11)8-9-19-12-4-2-1-3-5-12/h1-5,11H,6-10H2,(H,15,17)(H,16,18). The summed E-state index contributed by atoms with van der Waals surface area (Å²) >= 11 is 0. The average Bonchev–Trinajstić information content (AvgIpc) is 3.22. The molecule has 2 N–H and O–H groups in total. The van der Waals surface area contributed by atoms with Gasteiger partial charge in [0.1, 0.15) is 5.75 Å². The van der Waals surface area contributed by atoms with Gasteiger partial charge in [0.2, 0.25) is 11.8 Å². The van der Waals surface area contributed by atoms with Gasteiger partial charge in [0.25, 0.3) is 0 Å². The second-order valence-electron chi connectivity index (χ2n) is 4.53. The second-order valence-corrected chi connectivity index (χ2v) is 4.53. The van der Waals surface area contributed by atoms with Crippen molar-refractivity contribution in [1.29, 1.82) is 0 Å². The molecule has 2 rings (SSSR count). The maximum Gasteiger partial charge on any atom is 0.239 e. The van der Waals surface area contributed by atoms with Crippen molar-refractivity contribution in [3.8, 4) is 5.75 Å². The van der Waals surface area contributed by atoms with Crippen molar-refractivity contribution in [2.75, 3.05) is 13.2 Å². The predicted molar refractivity (Wildman–Crippen MR) is 70.7 cm³/mol. The molecule has 1 aliphatic carbocycles. The summed E-state index contributed by atoms with van der Waals surface area (Å²) in [4.78, 5) is 22.8. The molecule has 0 aliphatic heterocycles. The van der Waals surface area contributed by atoms with Crippen LogP contribution in [0.2, 0.25) is 0 Å². The van der Waals surface area contributed by atoms with Crippen LogP contribution in [0.5, 0.6) is 5.75 Å². The molecule has 0 aromatic heterocycles. The van der Waals surface area contributed by atoms with Gasteiger partial charge in [0, 0.05) is 6.04 Å². The number of ether oxygens (including phenoxy) is 1. The lowest BCUT2D eigenvalue weighted by Crippen LogP contribution is -2.38. The van der Waals surface area contributed by atoms with Crippen molar-refractivity contribution in [3.05, 3.63) is 30.3 Å². The van der Waals surface area contributed by atoms with Crippen LogP contribution in [0, 0.1) is 0 Å². The third-order valence-corrected chi connectivity index (χ3v) is 2.73. The van der Waals surface area contributed by atoms with Crippen molar-refractivity contribution < 1.29 is 14.3 Å². The topological polar surface area (TPSA) is 67.4 Å². The molecule has 0 saturated heterocycles. The average molecular weight is 262 g/mol. The lowest BCUT2D eigenvalue weighted by Gasteiger charge is -2.07. The molecule has 19 heavy (non-hydrogen) atoms. The molecule has 5 heteroatoms. The Labute approximate surface area is 112 Å². The fraction of sp³-hybridized carbons (Fsp3) is 0.429. The maximum absolute atomic E-state index is 11.5.